The van der Waals surface area contributed by atoms with Crippen molar-refractivity contribution < 1.29 is 22.0 Å². The Hall–Kier alpha value is -2.38. The van der Waals surface area contributed by atoms with Gasteiger partial charge in [-0.05, 0) is 62.2 Å². The van der Waals surface area contributed by atoms with E-state index in [4.69, 9.17) is 16.0 Å². The maximum absolute atomic E-state index is 13.4. The van der Waals surface area contributed by atoms with Gasteiger partial charge in [0.25, 0.3) is 0 Å². The van der Waals surface area contributed by atoms with E-state index in [0.717, 1.165) is 0 Å². The quantitative estimate of drug-likeness (QED) is 0.671. The van der Waals surface area contributed by atoms with Gasteiger partial charge in [0, 0.05) is 16.0 Å². The minimum absolute atomic E-state index is 0.0266. The molecule has 0 saturated heterocycles. The SMILES string of the molecule is Cc1c(CNC(=O)C2(S(=O)(=O)c3ccc(Cl)cc3)CC2)oc2ccc(F)cc12. The molecule has 3 aromatic rings. The summed E-state index contributed by atoms with van der Waals surface area (Å²) >= 11 is 5.82. The van der Waals surface area contributed by atoms with Crippen molar-refractivity contribution in [2.45, 2.75) is 36.0 Å². The number of carbonyl (C=O) groups excluding carboxylic acids is 1. The van der Waals surface area contributed by atoms with Gasteiger partial charge in [0.2, 0.25) is 5.91 Å². The van der Waals surface area contributed by atoms with Crippen molar-refractivity contribution in [3.63, 3.8) is 0 Å². The topological polar surface area (TPSA) is 76.4 Å². The van der Waals surface area contributed by atoms with Crippen LogP contribution in [0.1, 0.15) is 24.2 Å². The summed E-state index contributed by atoms with van der Waals surface area (Å²) in [4.78, 5) is 12.8. The van der Waals surface area contributed by atoms with Crippen LogP contribution >= 0.6 is 11.6 Å². The minimum atomic E-state index is -3.84. The van der Waals surface area contributed by atoms with Crippen molar-refractivity contribution in [3.8, 4) is 0 Å². The summed E-state index contributed by atoms with van der Waals surface area (Å²) in [6.45, 7) is 1.79. The lowest BCUT2D eigenvalue weighted by Gasteiger charge is -2.16. The van der Waals surface area contributed by atoms with Gasteiger partial charge in [-0.2, -0.15) is 0 Å². The van der Waals surface area contributed by atoms with Gasteiger partial charge in [-0.1, -0.05) is 11.6 Å². The summed E-state index contributed by atoms with van der Waals surface area (Å²) in [5, 5.41) is 3.72. The third kappa shape index (κ3) is 2.99. The predicted octanol–water partition coefficient (Wildman–Crippen LogP) is 4.16. The third-order valence-electron chi connectivity index (χ3n) is 5.16. The van der Waals surface area contributed by atoms with Gasteiger partial charge >= 0.3 is 0 Å². The summed E-state index contributed by atoms with van der Waals surface area (Å²) < 4.78 is 43.6. The Morgan fingerprint density at radius 1 is 1.21 bits per heavy atom. The number of furan rings is 1. The van der Waals surface area contributed by atoms with Crippen LogP contribution in [-0.4, -0.2) is 19.1 Å². The van der Waals surface area contributed by atoms with Crippen LogP contribution in [0.2, 0.25) is 5.02 Å². The highest BCUT2D eigenvalue weighted by molar-refractivity contribution is 7.94. The van der Waals surface area contributed by atoms with E-state index in [1.54, 1.807) is 6.92 Å². The van der Waals surface area contributed by atoms with Gasteiger partial charge < -0.3 is 9.73 Å². The van der Waals surface area contributed by atoms with Gasteiger partial charge in [-0.15, -0.1) is 0 Å². The number of halogens is 2. The molecule has 0 aliphatic heterocycles. The van der Waals surface area contributed by atoms with Crippen LogP contribution in [0.15, 0.2) is 51.8 Å². The first-order chi connectivity index (χ1) is 13.2. The largest absolute Gasteiger partial charge is 0.459 e. The van der Waals surface area contributed by atoms with Gasteiger partial charge in [0.1, 0.15) is 17.2 Å². The number of amides is 1. The molecular formula is C20H17ClFNO4S. The second-order valence-electron chi connectivity index (χ2n) is 6.93. The van der Waals surface area contributed by atoms with Gasteiger partial charge in [0.15, 0.2) is 14.6 Å². The van der Waals surface area contributed by atoms with Crippen molar-refractivity contribution in [2.75, 3.05) is 0 Å². The molecule has 1 N–H and O–H groups in total. The molecule has 0 radical (unpaired) electrons. The van der Waals surface area contributed by atoms with E-state index in [9.17, 15) is 17.6 Å². The van der Waals surface area contributed by atoms with Gasteiger partial charge in [0.05, 0.1) is 11.4 Å². The predicted molar refractivity (Wildman–Crippen MR) is 103 cm³/mol. The molecule has 1 fully saturated rings. The first-order valence-electron chi connectivity index (χ1n) is 8.71. The lowest BCUT2D eigenvalue weighted by Crippen LogP contribution is -2.41. The molecule has 5 nitrogen and oxygen atoms in total. The highest BCUT2D eigenvalue weighted by Gasteiger charge is 2.61. The molecule has 1 saturated carbocycles. The second-order valence-corrected chi connectivity index (χ2v) is 9.62. The number of hydrogen-bond acceptors (Lipinski definition) is 4. The zero-order valence-electron chi connectivity index (χ0n) is 15.0. The maximum Gasteiger partial charge on any atom is 0.242 e. The summed E-state index contributed by atoms with van der Waals surface area (Å²) in [6.07, 6.45) is 0.516. The van der Waals surface area contributed by atoms with Crippen LogP contribution < -0.4 is 5.32 Å². The smallest absolute Gasteiger partial charge is 0.242 e. The molecule has 0 bridgehead atoms. The molecule has 0 atom stereocenters. The number of aryl methyl sites for hydroxylation is 1. The number of sulfone groups is 1. The van der Waals surface area contributed by atoms with Crippen molar-refractivity contribution in [1.82, 2.24) is 5.32 Å². The first-order valence-corrected chi connectivity index (χ1v) is 10.6. The number of hydrogen-bond donors (Lipinski definition) is 1. The van der Waals surface area contributed by atoms with E-state index < -0.39 is 20.5 Å². The van der Waals surface area contributed by atoms with Crippen molar-refractivity contribution in [3.05, 3.63) is 64.6 Å². The minimum Gasteiger partial charge on any atom is -0.459 e. The fourth-order valence-corrected chi connectivity index (χ4v) is 5.33. The Balaban J connectivity index is 1.55. The number of fused-ring (bicyclic) bond motifs is 1. The fourth-order valence-electron chi connectivity index (χ4n) is 3.30. The number of rotatable bonds is 5. The molecule has 1 heterocycles. The molecule has 146 valence electrons. The molecule has 1 amide bonds. The monoisotopic (exact) mass is 421 g/mol. The van der Waals surface area contributed by atoms with Crippen molar-refractivity contribution in [1.29, 1.82) is 0 Å². The Bertz CT molecular complexity index is 1180. The summed E-state index contributed by atoms with van der Waals surface area (Å²) in [7, 11) is -3.84. The number of benzene rings is 2. The van der Waals surface area contributed by atoms with E-state index in [0.29, 0.717) is 27.3 Å². The first kappa shape index (κ1) is 19.0. The summed E-state index contributed by atoms with van der Waals surface area (Å²) in [6, 6.07) is 9.97. The fraction of sp³-hybridized carbons (Fsp3) is 0.250. The molecule has 1 aliphatic rings. The lowest BCUT2D eigenvalue weighted by molar-refractivity contribution is -0.121. The lowest BCUT2D eigenvalue weighted by atomic mass is 10.1. The van der Waals surface area contributed by atoms with Crippen molar-refractivity contribution >= 4 is 38.3 Å². The summed E-state index contributed by atoms with van der Waals surface area (Å²) in [5.74, 6) is -0.472. The van der Waals surface area contributed by atoms with E-state index in [2.05, 4.69) is 5.32 Å². The van der Waals surface area contributed by atoms with Crippen LogP contribution in [0.5, 0.6) is 0 Å². The molecule has 8 heteroatoms. The zero-order valence-corrected chi connectivity index (χ0v) is 16.5. The summed E-state index contributed by atoms with van der Waals surface area (Å²) in [5.41, 5.74) is 1.22. The normalized spacial score (nSPS) is 15.5. The molecule has 28 heavy (non-hydrogen) atoms. The molecule has 1 aromatic heterocycles. The van der Waals surface area contributed by atoms with Crippen LogP contribution in [-0.2, 0) is 21.2 Å². The molecule has 0 unspecified atom stereocenters. The molecule has 0 spiro atoms. The third-order valence-corrected chi connectivity index (χ3v) is 7.93. The molecule has 4 rings (SSSR count). The zero-order chi connectivity index (χ0) is 20.1. The van der Waals surface area contributed by atoms with Crippen LogP contribution in [0.25, 0.3) is 11.0 Å². The highest BCUT2D eigenvalue weighted by atomic mass is 35.5. The maximum atomic E-state index is 13.4. The van der Waals surface area contributed by atoms with E-state index >= 15 is 0 Å². The van der Waals surface area contributed by atoms with Crippen LogP contribution in [0.4, 0.5) is 4.39 Å². The number of nitrogens with one attached hydrogen (secondary N) is 1. The molecular weight excluding hydrogens is 405 g/mol. The Morgan fingerprint density at radius 2 is 1.89 bits per heavy atom. The average Bonchev–Trinajstić information content (AvgIpc) is 3.43. The van der Waals surface area contributed by atoms with Crippen molar-refractivity contribution in [2.24, 2.45) is 0 Å². The van der Waals surface area contributed by atoms with E-state index in [-0.39, 0.29) is 30.1 Å². The Kier molecular flexibility index (Phi) is 4.47. The van der Waals surface area contributed by atoms with Gasteiger partial charge in [-0.25, -0.2) is 12.8 Å². The molecule has 1 aliphatic carbocycles. The second kappa shape index (κ2) is 6.60. The molecule has 2 aromatic carbocycles. The Labute approximate surface area is 166 Å². The van der Waals surface area contributed by atoms with Crippen LogP contribution in [0.3, 0.4) is 0 Å². The highest BCUT2D eigenvalue weighted by Crippen LogP contribution is 2.47. The Morgan fingerprint density at radius 3 is 2.54 bits per heavy atom. The standard InChI is InChI=1S/C20H17ClFNO4S/c1-12-16-10-14(22)4-7-17(16)27-18(12)11-23-19(24)20(8-9-20)28(25,26)15-5-2-13(21)3-6-15/h2-7,10H,8-9,11H2,1H3,(H,23,24). The van der Waals surface area contributed by atoms with E-state index in [1.807, 2.05) is 0 Å². The van der Waals surface area contributed by atoms with E-state index in [1.165, 1.54) is 42.5 Å². The van der Waals surface area contributed by atoms with Crippen LogP contribution in [0, 0.1) is 12.7 Å². The average molecular weight is 422 g/mol. The number of carbonyl (C=O) groups is 1. The van der Waals surface area contributed by atoms with Gasteiger partial charge in [-0.3, -0.25) is 4.79 Å².